The van der Waals surface area contributed by atoms with E-state index in [1.54, 1.807) is 0 Å². The average Bonchev–Trinajstić information content (AvgIpc) is 2.93. The van der Waals surface area contributed by atoms with E-state index in [9.17, 15) is 0 Å². The van der Waals surface area contributed by atoms with Crippen LogP contribution in [0.1, 0.15) is 154 Å². The molecule has 0 N–H and O–H groups in total. The van der Waals surface area contributed by atoms with Crippen molar-refractivity contribution in [2.45, 2.75) is 157 Å². The van der Waals surface area contributed by atoms with Gasteiger partial charge in [0.2, 0.25) is 63.3 Å². The molecular weight excluding hydrogens is 637 g/mol. The van der Waals surface area contributed by atoms with E-state index in [0.717, 1.165) is 0 Å². The number of hydrogen-bond donors (Lipinski definition) is 0. The highest BCUT2D eigenvalue weighted by molar-refractivity contribution is 7.12. The number of benzene rings is 1. The van der Waals surface area contributed by atoms with E-state index in [-0.39, 0.29) is 32.5 Å². The van der Waals surface area contributed by atoms with E-state index >= 15 is 0 Å². The average molecular weight is 700 g/mol. The molecule has 0 aliphatic carbocycles. The zero-order chi connectivity index (χ0) is 36.4. The Morgan fingerprint density at radius 3 is 0.479 bits per heavy atom. The van der Waals surface area contributed by atoms with Gasteiger partial charge in [0.15, 0.2) is 0 Å². The quantitative estimate of drug-likeness (QED) is 0.187. The fourth-order valence-corrected chi connectivity index (χ4v) is 9.01. The predicted octanol–water partition coefficient (Wildman–Crippen LogP) is 15.5. The Morgan fingerprint density at radius 1 is 0.229 bits per heavy atom. The van der Waals surface area contributed by atoms with Gasteiger partial charge in [-0.3, -0.25) is 0 Å². The molecule has 0 fully saturated rings. The molecule has 0 saturated carbocycles. The first kappa shape index (κ1) is 38.7. The molecule has 0 aliphatic rings. The Balaban J connectivity index is 2.16. The zero-order valence-electron chi connectivity index (χ0n) is 33.4. The highest BCUT2D eigenvalue weighted by Crippen LogP contribution is 2.44. The smallest absolute Gasteiger partial charge is 0.0512 e. The second-order valence-corrected chi connectivity index (χ2v) is 23.3. The van der Waals surface area contributed by atoms with Gasteiger partial charge < -0.3 is 0 Å². The first-order valence-electron chi connectivity index (χ1n) is 17.7. The van der Waals surface area contributed by atoms with Crippen molar-refractivity contribution >= 4 is 34.0 Å². The second-order valence-electron chi connectivity index (χ2n) is 20.0. The van der Waals surface area contributed by atoms with Gasteiger partial charge in [0.25, 0.3) is 0 Å². The van der Waals surface area contributed by atoms with Crippen LogP contribution in [0.3, 0.4) is 0 Å². The predicted molar refractivity (Wildman–Crippen MR) is 222 cm³/mol. The molecule has 0 saturated heterocycles. The lowest BCUT2D eigenvalue weighted by Gasteiger charge is -2.19. The van der Waals surface area contributed by atoms with Gasteiger partial charge in [-0.25, -0.2) is 0 Å². The van der Waals surface area contributed by atoms with Gasteiger partial charge in [0.1, 0.15) is 0 Å². The largest absolute Gasteiger partial charge is 0.219 e. The molecule has 0 unspecified atom stereocenters. The SMILES string of the molecule is CC(C)(C)c1cc(-c2cc(-c3cc(C(C)(C)C)[s+]c(C(C)(C)C)c3)cc(-c3cc(C(C)(C)C)[s+]c(C(C)(C)C)c3)c2)cc(C(C)(C)C)[s+]1. The third kappa shape index (κ3) is 9.18. The molecule has 0 atom stereocenters. The lowest BCUT2D eigenvalue weighted by atomic mass is 9.86. The van der Waals surface area contributed by atoms with Crippen LogP contribution in [-0.4, -0.2) is 0 Å². The molecule has 4 aromatic rings. The molecule has 1 aromatic carbocycles. The molecule has 3 aromatic heterocycles. The van der Waals surface area contributed by atoms with Crippen LogP contribution in [0, 0.1) is 0 Å². The fraction of sp³-hybridized carbons (Fsp3) is 0.533. The van der Waals surface area contributed by atoms with Crippen LogP contribution in [0.5, 0.6) is 0 Å². The van der Waals surface area contributed by atoms with Crippen molar-refractivity contribution in [2.24, 2.45) is 0 Å². The fourth-order valence-electron chi connectivity index (χ4n) is 5.35. The molecule has 0 radical (unpaired) electrons. The zero-order valence-corrected chi connectivity index (χ0v) is 35.9. The summed E-state index contributed by atoms with van der Waals surface area (Å²) in [6, 6.07) is 22.2. The molecule has 4 rings (SSSR count). The van der Waals surface area contributed by atoms with Crippen LogP contribution in [0.2, 0.25) is 0 Å². The van der Waals surface area contributed by atoms with Gasteiger partial charge in [-0.1, -0.05) is 125 Å². The summed E-state index contributed by atoms with van der Waals surface area (Å²) in [6.45, 7) is 42.2. The summed E-state index contributed by atoms with van der Waals surface area (Å²) in [5.74, 6) is 0. The summed E-state index contributed by atoms with van der Waals surface area (Å²) in [5.41, 5.74) is 8.18. The van der Waals surface area contributed by atoms with E-state index in [1.165, 1.54) is 62.6 Å². The van der Waals surface area contributed by atoms with E-state index < -0.39 is 0 Å². The van der Waals surface area contributed by atoms with E-state index in [2.05, 4.69) is 179 Å². The highest BCUT2D eigenvalue weighted by atomic mass is 32.1. The van der Waals surface area contributed by atoms with Crippen molar-refractivity contribution in [3.05, 3.63) is 83.9 Å². The molecule has 0 nitrogen and oxygen atoms in total. The maximum Gasteiger partial charge on any atom is 0.219 e. The van der Waals surface area contributed by atoms with Gasteiger partial charge in [0, 0.05) is 68.9 Å². The number of rotatable bonds is 3. The van der Waals surface area contributed by atoms with Crippen LogP contribution < -0.4 is 0 Å². The van der Waals surface area contributed by atoms with Gasteiger partial charge >= 0.3 is 0 Å². The molecule has 258 valence electrons. The molecule has 0 bridgehead atoms. The minimum absolute atomic E-state index is 0.0647. The minimum Gasteiger partial charge on any atom is -0.0512 e. The maximum absolute atomic E-state index is 2.46. The van der Waals surface area contributed by atoms with Crippen molar-refractivity contribution in [3.8, 4) is 33.4 Å². The van der Waals surface area contributed by atoms with Crippen molar-refractivity contribution in [1.29, 1.82) is 0 Å². The summed E-state index contributed by atoms with van der Waals surface area (Å²) in [6.07, 6.45) is 0. The van der Waals surface area contributed by atoms with Crippen molar-refractivity contribution < 1.29 is 0 Å². The standard InChI is InChI=1S/C45H63S3/c1-40(2,3)34-22-31(23-35(46-34)41(4,5)6)28-19-29(32-24-36(42(7,8)9)47-37(25-32)43(10,11)12)21-30(20-28)33-26-38(44(13,14)15)48-39(27-33)45(16,17)18/h19-27H,1-18H3/q+3. The van der Waals surface area contributed by atoms with E-state index in [0.29, 0.717) is 0 Å². The van der Waals surface area contributed by atoms with E-state index in [4.69, 9.17) is 0 Å². The van der Waals surface area contributed by atoms with Crippen LogP contribution in [0.25, 0.3) is 33.4 Å². The normalized spacial score (nSPS) is 13.6. The third-order valence-electron chi connectivity index (χ3n) is 8.75. The van der Waals surface area contributed by atoms with Crippen molar-refractivity contribution in [1.82, 2.24) is 0 Å². The third-order valence-corrected chi connectivity index (χ3v) is 14.4. The summed E-state index contributed by atoms with van der Waals surface area (Å²) < 4.78 is 0. The lowest BCUT2D eigenvalue weighted by molar-refractivity contribution is 0.593. The Morgan fingerprint density at radius 2 is 0.354 bits per heavy atom. The summed E-state index contributed by atoms with van der Waals surface area (Å²) in [7, 11) is 0. The molecule has 3 heteroatoms. The van der Waals surface area contributed by atoms with Crippen LogP contribution in [0.15, 0.2) is 54.6 Å². The first-order valence-corrected chi connectivity index (χ1v) is 20.1. The second kappa shape index (κ2) is 12.9. The van der Waals surface area contributed by atoms with Crippen LogP contribution >= 0.6 is 34.0 Å². The highest BCUT2D eigenvalue weighted by Gasteiger charge is 2.35. The van der Waals surface area contributed by atoms with Crippen LogP contribution in [-0.2, 0) is 32.5 Å². The summed E-state index contributed by atoms with van der Waals surface area (Å²) in [4.78, 5) is 8.56. The Labute approximate surface area is 306 Å². The van der Waals surface area contributed by atoms with E-state index in [1.807, 2.05) is 34.0 Å². The maximum atomic E-state index is 2.46. The summed E-state index contributed by atoms with van der Waals surface area (Å²) >= 11 is 5.90. The van der Waals surface area contributed by atoms with Crippen molar-refractivity contribution in [3.63, 3.8) is 0 Å². The Hall–Kier alpha value is -2.07. The molecule has 0 aliphatic heterocycles. The molecule has 48 heavy (non-hydrogen) atoms. The van der Waals surface area contributed by atoms with Gasteiger partial charge in [-0.2, -0.15) is 0 Å². The number of hydrogen-bond acceptors (Lipinski definition) is 0. The molecule has 0 spiro atoms. The topological polar surface area (TPSA) is 0 Å². The van der Waals surface area contributed by atoms with Gasteiger partial charge in [-0.05, 0) is 51.6 Å². The molecular formula is C45H63S3+3. The van der Waals surface area contributed by atoms with Crippen molar-refractivity contribution in [2.75, 3.05) is 0 Å². The molecule has 3 heterocycles. The van der Waals surface area contributed by atoms with Crippen LogP contribution in [0.4, 0.5) is 0 Å². The first-order chi connectivity index (χ1) is 21.5. The van der Waals surface area contributed by atoms with Gasteiger partial charge in [0.05, 0.1) is 0 Å². The Bertz CT molecular complexity index is 1480. The monoisotopic (exact) mass is 699 g/mol. The lowest BCUT2D eigenvalue weighted by Crippen LogP contribution is -2.14. The minimum atomic E-state index is 0.0647. The Kier molecular flexibility index (Phi) is 10.4. The van der Waals surface area contributed by atoms with Gasteiger partial charge in [-0.15, -0.1) is 0 Å². The molecule has 0 amide bonds. The summed E-state index contributed by atoms with van der Waals surface area (Å²) in [5, 5.41) is 0.